The van der Waals surface area contributed by atoms with Gasteiger partial charge in [0.15, 0.2) is 0 Å². The van der Waals surface area contributed by atoms with Crippen molar-refractivity contribution in [2.75, 3.05) is 26.7 Å². The first-order valence-electron chi connectivity index (χ1n) is 8.78. The highest BCUT2D eigenvalue weighted by molar-refractivity contribution is 5.16. The van der Waals surface area contributed by atoms with Gasteiger partial charge < -0.3 is 4.90 Å². The zero-order chi connectivity index (χ0) is 14.2. The molecule has 2 nitrogen and oxygen atoms in total. The van der Waals surface area contributed by atoms with E-state index in [1.807, 2.05) is 0 Å². The summed E-state index contributed by atoms with van der Waals surface area (Å²) in [7, 11) is 2.31. The van der Waals surface area contributed by atoms with Gasteiger partial charge in [-0.15, -0.1) is 0 Å². The lowest BCUT2D eigenvalue weighted by Crippen LogP contribution is -2.40. The molecule has 0 bridgehead atoms. The van der Waals surface area contributed by atoms with Crippen LogP contribution in [0.4, 0.5) is 0 Å². The quantitative estimate of drug-likeness (QED) is 0.841. The first kappa shape index (κ1) is 13.8. The first-order chi connectivity index (χ1) is 10.3. The van der Waals surface area contributed by atoms with E-state index in [1.165, 1.54) is 57.4 Å². The Kier molecular flexibility index (Phi) is 3.76. The van der Waals surface area contributed by atoms with Crippen molar-refractivity contribution in [2.45, 2.75) is 38.3 Å². The Morgan fingerprint density at radius 1 is 0.952 bits per heavy atom. The maximum absolute atomic E-state index is 2.84. The van der Waals surface area contributed by atoms with Crippen molar-refractivity contribution in [3.05, 3.63) is 35.9 Å². The van der Waals surface area contributed by atoms with Crippen molar-refractivity contribution in [1.29, 1.82) is 0 Å². The van der Waals surface area contributed by atoms with Gasteiger partial charge in [-0.1, -0.05) is 43.2 Å². The third-order valence-electron chi connectivity index (χ3n) is 6.11. The molecule has 3 atom stereocenters. The first-order valence-corrected chi connectivity index (χ1v) is 8.78. The van der Waals surface area contributed by atoms with Gasteiger partial charge >= 0.3 is 0 Å². The monoisotopic (exact) mass is 284 g/mol. The van der Waals surface area contributed by atoms with Crippen LogP contribution in [0.3, 0.4) is 0 Å². The average molecular weight is 284 g/mol. The summed E-state index contributed by atoms with van der Waals surface area (Å²) in [5.41, 5.74) is 1.49. The van der Waals surface area contributed by atoms with Gasteiger partial charge in [0.05, 0.1) is 0 Å². The van der Waals surface area contributed by atoms with E-state index in [1.54, 1.807) is 0 Å². The van der Waals surface area contributed by atoms with Gasteiger partial charge in [-0.2, -0.15) is 0 Å². The lowest BCUT2D eigenvalue weighted by atomic mass is 9.85. The summed E-state index contributed by atoms with van der Waals surface area (Å²) in [6.45, 7) is 5.14. The highest BCUT2D eigenvalue weighted by Crippen LogP contribution is 2.44. The molecule has 0 aromatic heterocycles. The molecule has 0 radical (unpaired) electrons. The zero-order valence-electron chi connectivity index (χ0n) is 13.2. The SMILES string of the molecule is CN1C[C@@H]2CN(Cc3ccccc3)[C@@H](C3CCCC3)[C@@H]2C1. The Morgan fingerprint density at radius 2 is 1.71 bits per heavy atom. The second kappa shape index (κ2) is 5.73. The van der Waals surface area contributed by atoms with Crippen LogP contribution in [0, 0.1) is 17.8 Å². The lowest BCUT2D eigenvalue weighted by molar-refractivity contribution is 0.142. The molecule has 0 spiro atoms. The van der Waals surface area contributed by atoms with E-state index in [4.69, 9.17) is 0 Å². The van der Waals surface area contributed by atoms with Gasteiger partial charge in [0.2, 0.25) is 0 Å². The number of nitrogens with zero attached hydrogens (tertiary/aromatic N) is 2. The van der Waals surface area contributed by atoms with Crippen LogP contribution >= 0.6 is 0 Å². The number of fused-ring (bicyclic) bond motifs is 1. The highest BCUT2D eigenvalue weighted by atomic mass is 15.3. The Hall–Kier alpha value is -0.860. The van der Waals surface area contributed by atoms with Crippen molar-refractivity contribution < 1.29 is 0 Å². The minimum absolute atomic E-state index is 0.850. The fourth-order valence-electron chi connectivity index (χ4n) is 5.33. The summed E-state index contributed by atoms with van der Waals surface area (Å²) in [5, 5.41) is 0. The molecular weight excluding hydrogens is 256 g/mol. The normalized spacial score (nSPS) is 34.6. The van der Waals surface area contributed by atoms with Crippen molar-refractivity contribution >= 4 is 0 Å². The maximum atomic E-state index is 2.84. The topological polar surface area (TPSA) is 6.48 Å². The van der Waals surface area contributed by atoms with Gasteiger partial charge in [0.25, 0.3) is 0 Å². The predicted octanol–water partition coefficient (Wildman–Crippen LogP) is 3.24. The molecular formula is C19H28N2. The number of rotatable bonds is 3. The standard InChI is InChI=1S/C19H28N2/c1-20-12-17-13-21(11-15-7-3-2-4-8-15)19(18(17)14-20)16-9-5-6-10-16/h2-4,7-8,16-19H,5-6,9-14H2,1H3/t17-,18-,19+/m1/s1. The van der Waals surface area contributed by atoms with Crippen LogP contribution in [0.25, 0.3) is 0 Å². The van der Waals surface area contributed by atoms with Gasteiger partial charge in [0, 0.05) is 32.2 Å². The minimum Gasteiger partial charge on any atom is -0.306 e. The van der Waals surface area contributed by atoms with Crippen LogP contribution in [0.15, 0.2) is 30.3 Å². The summed E-state index contributed by atoms with van der Waals surface area (Å²) in [6, 6.07) is 11.9. The summed E-state index contributed by atoms with van der Waals surface area (Å²) in [6.07, 6.45) is 5.88. The van der Waals surface area contributed by atoms with Crippen LogP contribution in [-0.4, -0.2) is 42.5 Å². The van der Waals surface area contributed by atoms with Crippen molar-refractivity contribution in [1.82, 2.24) is 9.80 Å². The molecule has 2 saturated heterocycles. The van der Waals surface area contributed by atoms with E-state index < -0.39 is 0 Å². The zero-order valence-corrected chi connectivity index (χ0v) is 13.2. The molecule has 3 fully saturated rings. The van der Waals surface area contributed by atoms with Gasteiger partial charge in [0.1, 0.15) is 0 Å². The van der Waals surface area contributed by atoms with Crippen LogP contribution in [-0.2, 0) is 6.54 Å². The number of hydrogen-bond donors (Lipinski definition) is 0. The Labute approximate surface area is 129 Å². The third kappa shape index (κ3) is 2.64. The average Bonchev–Trinajstić information content (AvgIpc) is 3.16. The van der Waals surface area contributed by atoms with Gasteiger partial charge in [-0.3, -0.25) is 4.90 Å². The second-order valence-electron chi connectivity index (χ2n) is 7.60. The van der Waals surface area contributed by atoms with Gasteiger partial charge in [-0.05, 0) is 43.2 Å². The molecule has 0 amide bonds. The fourth-order valence-corrected chi connectivity index (χ4v) is 5.33. The number of hydrogen-bond acceptors (Lipinski definition) is 2. The molecule has 114 valence electrons. The van der Waals surface area contributed by atoms with Crippen LogP contribution in [0.2, 0.25) is 0 Å². The van der Waals surface area contributed by atoms with E-state index in [9.17, 15) is 0 Å². The molecule has 3 aliphatic rings. The summed E-state index contributed by atoms with van der Waals surface area (Å²) < 4.78 is 0. The molecule has 2 heteroatoms. The van der Waals surface area contributed by atoms with E-state index in [0.717, 1.165) is 23.8 Å². The van der Waals surface area contributed by atoms with E-state index in [2.05, 4.69) is 47.2 Å². The summed E-state index contributed by atoms with van der Waals surface area (Å²) in [4.78, 5) is 5.41. The Morgan fingerprint density at radius 3 is 2.48 bits per heavy atom. The molecule has 1 aliphatic carbocycles. The fraction of sp³-hybridized carbons (Fsp3) is 0.684. The minimum atomic E-state index is 0.850. The number of benzene rings is 1. The summed E-state index contributed by atoms with van der Waals surface area (Å²) >= 11 is 0. The lowest BCUT2D eigenvalue weighted by Gasteiger charge is -2.33. The van der Waals surface area contributed by atoms with Crippen LogP contribution in [0.5, 0.6) is 0 Å². The summed E-state index contributed by atoms with van der Waals surface area (Å²) in [5.74, 6) is 2.82. The molecule has 1 aromatic carbocycles. The molecule has 1 saturated carbocycles. The van der Waals surface area contributed by atoms with Crippen LogP contribution < -0.4 is 0 Å². The van der Waals surface area contributed by atoms with Gasteiger partial charge in [-0.25, -0.2) is 0 Å². The Balaban J connectivity index is 1.54. The van der Waals surface area contributed by atoms with E-state index >= 15 is 0 Å². The predicted molar refractivity (Wildman–Crippen MR) is 87.1 cm³/mol. The van der Waals surface area contributed by atoms with E-state index in [0.29, 0.717) is 0 Å². The Bertz CT molecular complexity index is 466. The van der Waals surface area contributed by atoms with Crippen LogP contribution in [0.1, 0.15) is 31.2 Å². The third-order valence-corrected chi connectivity index (χ3v) is 6.11. The van der Waals surface area contributed by atoms with E-state index in [-0.39, 0.29) is 0 Å². The molecule has 2 heterocycles. The number of likely N-dealkylation sites (tertiary alicyclic amines) is 2. The van der Waals surface area contributed by atoms with Crippen molar-refractivity contribution in [3.63, 3.8) is 0 Å². The largest absolute Gasteiger partial charge is 0.306 e. The van der Waals surface area contributed by atoms with Crippen molar-refractivity contribution in [3.8, 4) is 0 Å². The maximum Gasteiger partial charge on any atom is 0.0237 e. The highest BCUT2D eigenvalue weighted by Gasteiger charge is 2.48. The van der Waals surface area contributed by atoms with Crippen molar-refractivity contribution in [2.24, 2.45) is 17.8 Å². The smallest absolute Gasteiger partial charge is 0.0237 e. The molecule has 0 N–H and O–H groups in total. The molecule has 0 unspecified atom stereocenters. The molecule has 2 aliphatic heterocycles. The second-order valence-corrected chi connectivity index (χ2v) is 7.60. The molecule has 1 aromatic rings. The molecule has 21 heavy (non-hydrogen) atoms. The molecule has 4 rings (SSSR count).